The molecule has 1 unspecified atom stereocenters. The Hall–Kier alpha value is -3.29. The van der Waals surface area contributed by atoms with Gasteiger partial charge in [0.15, 0.2) is 11.5 Å². The predicted octanol–water partition coefficient (Wildman–Crippen LogP) is 5.66. The first kappa shape index (κ1) is 25.8. The molecular formula is C29H35NO5Si. The van der Waals surface area contributed by atoms with E-state index in [-0.39, 0.29) is 0 Å². The van der Waals surface area contributed by atoms with Crippen LogP contribution in [0, 0.1) is 10.8 Å². The highest BCUT2D eigenvalue weighted by atomic mass is 28.2. The van der Waals surface area contributed by atoms with E-state index in [4.69, 9.17) is 13.9 Å². The number of ether oxygens (including phenoxy) is 2. The molecule has 0 bridgehead atoms. The van der Waals surface area contributed by atoms with Crippen molar-refractivity contribution in [2.45, 2.75) is 40.2 Å². The van der Waals surface area contributed by atoms with E-state index in [1.807, 2.05) is 100 Å². The molecule has 0 aromatic heterocycles. The minimum Gasteiger partial charge on any atom is -0.492 e. The van der Waals surface area contributed by atoms with E-state index in [1.165, 1.54) is 0 Å². The highest BCUT2D eigenvalue weighted by Crippen LogP contribution is 2.53. The average Bonchev–Trinajstić information content (AvgIpc) is 2.86. The Labute approximate surface area is 216 Å². The maximum atomic E-state index is 12.5. The Kier molecular flexibility index (Phi) is 6.90. The molecular weight excluding hydrogens is 470 g/mol. The van der Waals surface area contributed by atoms with Gasteiger partial charge in [0.2, 0.25) is 0 Å². The molecule has 0 saturated carbocycles. The van der Waals surface area contributed by atoms with Gasteiger partial charge in [-0.15, -0.1) is 0 Å². The Morgan fingerprint density at radius 1 is 0.889 bits per heavy atom. The molecule has 7 heteroatoms. The normalized spacial score (nSPS) is 16.2. The van der Waals surface area contributed by atoms with Crippen molar-refractivity contribution in [1.82, 2.24) is 0 Å². The zero-order valence-electron chi connectivity index (χ0n) is 21.9. The van der Waals surface area contributed by atoms with Crippen LogP contribution in [0.1, 0.15) is 40.2 Å². The Morgan fingerprint density at radius 2 is 1.42 bits per heavy atom. The molecule has 1 heterocycles. The van der Waals surface area contributed by atoms with E-state index in [1.54, 1.807) is 6.92 Å². The monoisotopic (exact) mass is 505 g/mol. The molecule has 0 spiro atoms. The predicted molar refractivity (Wildman–Crippen MR) is 145 cm³/mol. The first-order chi connectivity index (χ1) is 17.0. The largest absolute Gasteiger partial charge is 0.492 e. The van der Waals surface area contributed by atoms with E-state index in [0.29, 0.717) is 23.6 Å². The zero-order chi connectivity index (χ0) is 26.1. The summed E-state index contributed by atoms with van der Waals surface area (Å²) in [5.41, 5.74) is 0.179. The molecule has 2 atom stereocenters. The van der Waals surface area contributed by atoms with Gasteiger partial charge in [0, 0.05) is 0 Å². The molecule has 36 heavy (non-hydrogen) atoms. The van der Waals surface area contributed by atoms with Gasteiger partial charge < -0.3 is 23.9 Å². The molecule has 1 aliphatic heterocycles. The lowest BCUT2D eigenvalue weighted by Gasteiger charge is -2.50. The van der Waals surface area contributed by atoms with Crippen molar-refractivity contribution < 1.29 is 23.8 Å². The van der Waals surface area contributed by atoms with Crippen LogP contribution in [0.2, 0.25) is 0 Å². The van der Waals surface area contributed by atoms with E-state index in [0.717, 1.165) is 34.2 Å². The zero-order valence-corrected chi connectivity index (χ0v) is 23.9. The molecule has 0 saturated heterocycles. The van der Waals surface area contributed by atoms with Crippen LogP contribution in [0.15, 0.2) is 72.8 Å². The molecule has 0 aliphatic carbocycles. The lowest BCUT2D eigenvalue weighted by molar-refractivity contribution is -0.178. The summed E-state index contributed by atoms with van der Waals surface area (Å²) in [6, 6.07) is 23.6. The Bertz CT molecular complexity index is 1190. The molecule has 0 amide bonds. The number of rotatable bonds is 8. The minimum absolute atomic E-state index is 0.408. The summed E-state index contributed by atoms with van der Waals surface area (Å²) < 4.78 is 18.2. The fraction of sp³-hybridized carbons (Fsp3) is 0.345. The molecule has 3 aromatic carbocycles. The number of carboxylic acids is 1. The number of para-hydroxylation sites is 4. The summed E-state index contributed by atoms with van der Waals surface area (Å²) >= 11 is 0. The summed E-state index contributed by atoms with van der Waals surface area (Å²) in [7, 11) is 0.408. The van der Waals surface area contributed by atoms with Crippen LogP contribution in [0.3, 0.4) is 0 Å². The van der Waals surface area contributed by atoms with Crippen LogP contribution >= 0.6 is 0 Å². The van der Waals surface area contributed by atoms with Gasteiger partial charge in [0.05, 0.1) is 23.5 Å². The van der Waals surface area contributed by atoms with Crippen molar-refractivity contribution in [1.29, 1.82) is 0 Å². The third-order valence-corrected chi connectivity index (χ3v) is 8.63. The van der Waals surface area contributed by atoms with Crippen molar-refractivity contribution in [3.8, 4) is 17.2 Å². The highest BCUT2D eigenvalue weighted by molar-refractivity contribution is 5.98. The molecule has 190 valence electrons. The van der Waals surface area contributed by atoms with Crippen molar-refractivity contribution in [2.75, 3.05) is 18.1 Å². The third-order valence-electron chi connectivity index (χ3n) is 7.81. The lowest BCUT2D eigenvalue weighted by atomic mass is 9.57. The molecule has 4 rings (SSSR count). The van der Waals surface area contributed by atoms with Gasteiger partial charge >= 0.3 is 5.97 Å². The minimum atomic E-state index is -1.14. The van der Waals surface area contributed by atoms with Crippen molar-refractivity contribution >= 4 is 27.8 Å². The average molecular weight is 506 g/mol. The van der Waals surface area contributed by atoms with Crippen molar-refractivity contribution in [3.63, 3.8) is 0 Å². The number of hydrogen-bond acceptors (Lipinski definition) is 5. The fourth-order valence-corrected chi connectivity index (χ4v) is 5.64. The topological polar surface area (TPSA) is 68.2 Å². The second-order valence-corrected chi connectivity index (χ2v) is 10.9. The summed E-state index contributed by atoms with van der Waals surface area (Å²) in [5, 5.41) is 10.2. The van der Waals surface area contributed by atoms with Crippen molar-refractivity contribution in [2.24, 2.45) is 10.8 Å². The van der Waals surface area contributed by atoms with Crippen LogP contribution in [-0.4, -0.2) is 34.7 Å². The highest BCUT2D eigenvalue weighted by Gasteiger charge is 2.58. The maximum Gasteiger partial charge on any atom is 0.313 e. The number of fused-ring (bicyclic) bond motifs is 2. The van der Waals surface area contributed by atoms with Gasteiger partial charge in [0.1, 0.15) is 28.3 Å². The number of nitrogens with zero attached hydrogens (tertiary/aromatic N) is 1. The SMILES string of the molecule is CC(C)(C)C(C)(C(=O)O)[C@@](C)(O[SiH3])c1ccc(OCCN2c3ccccc3Oc3ccccc32)cc1. The van der Waals surface area contributed by atoms with Gasteiger partial charge in [-0.05, 0) is 61.2 Å². The smallest absolute Gasteiger partial charge is 0.313 e. The van der Waals surface area contributed by atoms with Crippen molar-refractivity contribution in [3.05, 3.63) is 78.4 Å². The van der Waals surface area contributed by atoms with Gasteiger partial charge in [-0.1, -0.05) is 57.2 Å². The summed E-state index contributed by atoms with van der Waals surface area (Å²) in [6.07, 6.45) is 0. The molecule has 1 aliphatic rings. The maximum absolute atomic E-state index is 12.5. The summed E-state index contributed by atoms with van der Waals surface area (Å²) in [4.78, 5) is 14.7. The third kappa shape index (κ3) is 4.27. The molecule has 0 radical (unpaired) electrons. The van der Waals surface area contributed by atoms with Crippen LogP contribution < -0.4 is 14.4 Å². The van der Waals surface area contributed by atoms with Crippen LogP contribution in [0.25, 0.3) is 0 Å². The van der Waals surface area contributed by atoms with Gasteiger partial charge in [-0.2, -0.15) is 0 Å². The Morgan fingerprint density at radius 3 is 1.89 bits per heavy atom. The molecule has 3 aromatic rings. The first-order valence-electron chi connectivity index (χ1n) is 12.2. The second-order valence-electron chi connectivity index (χ2n) is 10.5. The number of carboxylic acid groups (broad SMARTS) is 1. The Balaban J connectivity index is 1.51. The standard InChI is InChI=1S/C29H35NO5Si/c1-27(2,3)28(4,26(31)32)29(5,35-36)20-14-16-21(17-15-20)33-19-18-30-22-10-6-8-12-24(22)34-25-13-9-7-11-23(25)30/h6-17H,18-19H2,1-5,36H3,(H,31,32)/t28?,29-/m0/s1. The van der Waals surface area contributed by atoms with E-state index in [9.17, 15) is 9.90 Å². The summed E-state index contributed by atoms with van der Waals surface area (Å²) in [6.45, 7) is 10.6. The van der Waals surface area contributed by atoms with E-state index >= 15 is 0 Å². The van der Waals surface area contributed by atoms with Gasteiger partial charge in [-0.25, -0.2) is 0 Å². The lowest BCUT2D eigenvalue weighted by Crippen LogP contribution is -2.56. The number of benzene rings is 3. The van der Waals surface area contributed by atoms with E-state index < -0.39 is 22.4 Å². The molecule has 6 nitrogen and oxygen atoms in total. The van der Waals surface area contributed by atoms with Crippen LogP contribution in [0.4, 0.5) is 11.4 Å². The van der Waals surface area contributed by atoms with Gasteiger partial charge in [0.25, 0.3) is 0 Å². The van der Waals surface area contributed by atoms with Crippen LogP contribution in [-0.2, 0) is 14.8 Å². The second kappa shape index (κ2) is 9.63. The first-order valence-corrected chi connectivity index (χ1v) is 13.0. The van der Waals surface area contributed by atoms with Crippen LogP contribution in [0.5, 0.6) is 17.2 Å². The van der Waals surface area contributed by atoms with E-state index in [2.05, 4.69) is 4.90 Å². The molecule has 1 N–H and O–H groups in total. The molecule has 0 fully saturated rings. The number of aliphatic carboxylic acids is 1. The number of anilines is 2. The quantitative estimate of drug-likeness (QED) is 0.399. The fourth-order valence-electron chi connectivity index (χ4n) is 5.00. The number of hydrogen-bond donors (Lipinski definition) is 1. The number of carbonyl (C=O) groups is 1. The van der Waals surface area contributed by atoms with Gasteiger partial charge in [-0.3, -0.25) is 4.79 Å². The summed E-state index contributed by atoms with van der Waals surface area (Å²) in [5.74, 6) is 1.49.